The molecule has 1 radical (unpaired) electrons. The molecule has 0 saturated heterocycles. The van der Waals surface area contributed by atoms with E-state index in [2.05, 4.69) is 4.74 Å². The SMILES string of the molecule is CCC([O])OC(F)CC. The Kier molecular flexibility index (Phi) is 4.62. The number of halogens is 1. The molecule has 0 N–H and O–H groups in total. The van der Waals surface area contributed by atoms with Gasteiger partial charge in [0.2, 0.25) is 6.36 Å². The van der Waals surface area contributed by atoms with Gasteiger partial charge in [-0.3, -0.25) is 0 Å². The number of alkyl halides is 1. The summed E-state index contributed by atoms with van der Waals surface area (Å²) in [4.78, 5) is 0. The van der Waals surface area contributed by atoms with Crippen LogP contribution in [0.25, 0.3) is 0 Å². The summed E-state index contributed by atoms with van der Waals surface area (Å²) in [5, 5.41) is 10.4. The van der Waals surface area contributed by atoms with Crippen LogP contribution in [-0.4, -0.2) is 12.6 Å². The molecule has 0 aromatic carbocycles. The van der Waals surface area contributed by atoms with E-state index in [9.17, 15) is 9.50 Å². The first-order valence-corrected chi connectivity index (χ1v) is 3.16. The van der Waals surface area contributed by atoms with Crippen molar-refractivity contribution >= 4 is 0 Å². The largest absolute Gasteiger partial charge is 0.316 e. The van der Waals surface area contributed by atoms with Crippen molar-refractivity contribution in [2.45, 2.75) is 39.3 Å². The summed E-state index contributed by atoms with van der Waals surface area (Å²) in [6.45, 7) is 3.30. The molecule has 0 fully saturated rings. The Labute approximate surface area is 54.6 Å². The molecule has 2 nitrogen and oxygen atoms in total. The molecule has 0 spiro atoms. The number of hydrogen-bond acceptors (Lipinski definition) is 1. The Morgan fingerprint density at radius 2 is 2.00 bits per heavy atom. The smallest absolute Gasteiger partial charge is 0.201 e. The maximum absolute atomic E-state index is 12.1. The first kappa shape index (κ1) is 8.85. The van der Waals surface area contributed by atoms with E-state index in [1.165, 1.54) is 0 Å². The van der Waals surface area contributed by atoms with Crippen molar-refractivity contribution in [3.8, 4) is 0 Å². The highest BCUT2D eigenvalue weighted by Gasteiger charge is 2.09. The fraction of sp³-hybridized carbons (Fsp3) is 1.00. The van der Waals surface area contributed by atoms with Crippen LogP contribution in [0, 0.1) is 0 Å². The molecule has 0 saturated carbocycles. The van der Waals surface area contributed by atoms with Crippen LogP contribution in [-0.2, 0) is 9.84 Å². The molecular formula is C6H12FO2. The highest BCUT2D eigenvalue weighted by atomic mass is 19.1. The molecule has 0 rings (SSSR count). The monoisotopic (exact) mass is 135 g/mol. The van der Waals surface area contributed by atoms with Crippen LogP contribution in [0.4, 0.5) is 4.39 Å². The second-order valence-electron chi connectivity index (χ2n) is 1.79. The van der Waals surface area contributed by atoms with Crippen molar-refractivity contribution < 1.29 is 14.2 Å². The van der Waals surface area contributed by atoms with Crippen LogP contribution in [0.15, 0.2) is 0 Å². The lowest BCUT2D eigenvalue weighted by molar-refractivity contribution is -0.205. The second-order valence-corrected chi connectivity index (χ2v) is 1.79. The normalized spacial score (nSPS) is 17.3. The van der Waals surface area contributed by atoms with Crippen LogP contribution < -0.4 is 0 Å². The van der Waals surface area contributed by atoms with Crippen molar-refractivity contribution in [2.24, 2.45) is 0 Å². The topological polar surface area (TPSA) is 29.1 Å². The van der Waals surface area contributed by atoms with Gasteiger partial charge in [-0.15, -0.1) is 0 Å². The highest BCUT2D eigenvalue weighted by Crippen LogP contribution is 2.04. The van der Waals surface area contributed by atoms with E-state index < -0.39 is 12.6 Å². The zero-order valence-electron chi connectivity index (χ0n) is 5.76. The van der Waals surface area contributed by atoms with Gasteiger partial charge in [0, 0.05) is 6.42 Å². The van der Waals surface area contributed by atoms with E-state index in [1.807, 2.05) is 0 Å². The standard InChI is InChI=1S/C6H12FO2/c1-3-5(7)9-6(8)4-2/h5-6H,3-4H2,1-2H3. The Bertz CT molecular complexity index is 60.1. The molecular weight excluding hydrogens is 123 g/mol. The van der Waals surface area contributed by atoms with Crippen LogP contribution >= 0.6 is 0 Å². The van der Waals surface area contributed by atoms with Gasteiger partial charge < -0.3 is 4.74 Å². The van der Waals surface area contributed by atoms with Gasteiger partial charge in [0.1, 0.15) is 0 Å². The third-order valence-corrected chi connectivity index (χ3v) is 0.954. The van der Waals surface area contributed by atoms with E-state index in [0.717, 1.165) is 0 Å². The fourth-order valence-electron chi connectivity index (χ4n) is 0.357. The summed E-state index contributed by atoms with van der Waals surface area (Å²) >= 11 is 0. The summed E-state index contributed by atoms with van der Waals surface area (Å²) in [5.41, 5.74) is 0. The van der Waals surface area contributed by atoms with Gasteiger partial charge in [0.25, 0.3) is 0 Å². The van der Waals surface area contributed by atoms with Gasteiger partial charge >= 0.3 is 0 Å². The molecule has 0 bridgehead atoms. The zero-order valence-corrected chi connectivity index (χ0v) is 5.76. The molecule has 55 valence electrons. The summed E-state index contributed by atoms with van der Waals surface area (Å²) < 4.78 is 16.5. The molecule has 0 aliphatic carbocycles. The predicted octanol–water partition coefficient (Wildman–Crippen LogP) is 1.88. The van der Waals surface area contributed by atoms with Gasteiger partial charge in [-0.05, 0) is 6.42 Å². The molecule has 0 aliphatic heterocycles. The molecule has 0 aliphatic rings. The Morgan fingerprint density at radius 3 is 2.33 bits per heavy atom. The van der Waals surface area contributed by atoms with E-state index in [4.69, 9.17) is 0 Å². The Hall–Kier alpha value is -0.150. The minimum atomic E-state index is -1.38. The average molecular weight is 135 g/mol. The van der Waals surface area contributed by atoms with Crippen LogP contribution in [0.3, 0.4) is 0 Å². The van der Waals surface area contributed by atoms with Gasteiger partial charge in [0.15, 0.2) is 6.29 Å². The number of hydrogen-bond donors (Lipinski definition) is 0. The summed E-state index contributed by atoms with van der Waals surface area (Å²) in [5.74, 6) is 0. The Morgan fingerprint density at radius 1 is 1.44 bits per heavy atom. The lowest BCUT2D eigenvalue weighted by Crippen LogP contribution is -2.15. The third-order valence-electron chi connectivity index (χ3n) is 0.954. The van der Waals surface area contributed by atoms with Crippen molar-refractivity contribution in [3.63, 3.8) is 0 Å². The minimum absolute atomic E-state index is 0.249. The Balaban J connectivity index is 3.22. The number of rotatable bonds is 4. The predicted molar refractivity (Wildman–Crippen MR) is 31.0 cm³/mol. The first-order chi connectivity index (χ1) is 4.20. The highest BCUT2D eigenvalue weighted by molar-refractivity contribution is 4.38. The second kappa shape index (κ2) is 4.70. The lowest BCUT2D eigenvalue weighted by Gasteiger charge is -2.09. The molecule has 2 atom stereocenters. The van der Waals surface area contributed by atoms with Crippen LogP contribution in [0.5, 0.6) is 0 Å². The van der Waals surface area contributed by atoms with Gasteiger partial charge in [-0.2, -0.15) is 0 Å². The molecule has 2 unspecified atom stereocenters. The number of ether oxygens (including phenoxy) is 1. The molecule has 3 heteroatoms. The van der Waals surface area contributed by atoms with E-state index in [1.54, 1.807) is 13.8 Å². The summed E-state index contributed by atoms with van der Waals surface area (Å²) in [7, 11) is 0. The molecule has 0 amide bonds. The van der Waals surface area contributed by atoms with Crippen LogP contribution in [0.1, 0.15) is 26.7 Å². The molecule has 0 aromatic heterocycles. The molecule has 0 heterocycles. The van der Waals surface area contributed by atoms with Crippen LogP contribution in [0.2, 0.25) is 0 Å². The third kappa shape index (κ3) is 4.36. The fourth-order valence-corrected chi connectivity index (χ4v) is 0.357. The van der Waals surface area contributed by atoms with Crippen molar-refractivity contribution in [3.05, 3.63) is 0 Å². The van der Waals surface area contributed by atoms with Crippen molar-refractivity contribution in [1.29, 1.82) is 0 Å². The van der Waals surface area contributed by atoms with Gasteiger partial charge in [0.05, 0.1) is 0 Å². The minimum Gasteiger partial charge on any atom is -0.316 e. The average Bonchev–Trinajstić information content (AvgIpc) is 1.87. The van der Waals surface area contributed by atoms with Gasteiger partial charge in [-0.1, -0.05) is 13.8 Å². The first-order valence-electron chi connectivity index (χ1n) is 3.16. The summed E-state index contributed by atoms with van der Waals surface area (Å²) in [6, 6.07) is 0. The van der Waals surface area contributed by atoms with E-state index in [-0.39, 0.29) is 6.42 Å². The van der Waals surface area contributed by atoms with E-state index in [0.29, 0.717) is 6.42 Å². The molecule has 9 heavy (non-hydrogen) atoms. The lowest BCUT2D eigenvalue weighted by atomic mass is 10.4. The zero-order chi connectivity index (χ0) is 7.28. The van der Waals surface area contributed by atoms with E-state index >= 15 is 0 Å². The molecule has 0 aromatic rings. The van der Waals surface area contributed by atoms with Crippen molar-refractivity contribution in [2.75, 3.05) is 0 Å². The maximum Gasteiger partial charge on any atom is 0.201 e. The quantitative estimate of drug-likeness (QED) is 0.541. The van der Waals surface area contributed by atoms with Crippen molar-refractivity contribution in [1.82, 2.24) is 0 Å². The summed E-state index contributed by atoms with van der Waals surface area (Å²) in [6.07, 6.45) is -2.01. The van der Waals surface area contributed by atoms with Gasteiger partial charge in [-0.25, -0.2) is 9.50 Å². The maximum atomic E-state index is 12.1.